The van der Waals surface area contributed by atoms with E-state index in [9.17, 15) is 13.0 Å². The van der Waals surface area contributed by atoms with Gasteiger partial charge in [0.2, 0.25) is 5.95 Å². The van der Waals surface area contributed by atoms with Crippen LogP contribution in [0.2, 0.25) is 0 Å². The van der Waals surface area contributed by atoms with E-state index in [1.807, 2.05) is 0 Å². The molecule has 0 fully saturated rings. The molecule has 0 saturated heterocycles. The zero-order chi connectivity index (χ0) is 18.7. The van der Waals surface area contributed by atoms with Crippen molar-refractivity contribution in [2.75, 3.05) is 36.3 Å². The Morgan fingerprint density at radius 2 is 2.08 bits per heavy atom. The topological polar surface area (TPSA) is 203 Å². The fraction of sp³-hybridized carbons (Fsp3) is 0.500. The van der Waals surface area contributed by atoms with Crippen LogP contribution in [0.4, 0.5) is 11.8 Å². The zero-order valence-electron chi connectivity index (χ0n) is 12.8. The van der Waals surface area contributed by atoms with Gasteiger partial charge in [-0.15, -0.1) is 0 Å². The minimum Gasteiger partial charge on any atom is -0.368 e. The fourth-order valence-corrected chi connectivity index (χ4v) is 2.62. The van der Waals surface area contributed by atoms with Gasteiger partial charge in [0.05, 0.1) is 18.7 Å². The molecule has 2 heterocycles. The third-order valence-electron chi connectivity index (χ3n) is 2.87. The van der Waals surface area contributed by atoms with Crippen molar-refractivity contribution >= 4 is 40.6 Å². The molecule has 0 atom stereocenters. The number of ether oxygens (including phenoxy) is 1. The summed E-state index contributed by atoms with van der Waals surface area (Å²) in [7, 11) is -8.36. The van der Waals surface area contributed by atoms with E-state index in [1.54, 1.807) is 4.57 Å². The van der Waals surface area contributed by atoms with Gasteiger partial charge in [0.1, 0.15) is 6.35 Å². The minimum atomic E-state index is -4.23. The lowest BCUT2D eigenvalue weighted by molar-refractivity contribution is 0.149. The number of nitrogens with one attached hydrogen (secondary N) is 1. The maximum absolute atomic E-state index is 10.7. The van der Waals surface area contributed by atoms with Gasteiger partial charge in [-0.25, -0.2) is 4.98 Å². The van der Waals surface area contributed by atoms with Crippen molar-refractivity contribution in [3.63, 3.8) is 0 Å². The van der Waals surface area contributed by atoms with Crippen LogP contribution in [0.25, 0.3) is 11.2 Å². The van der Waals surface area contributed by atoms with Crippen molar-refractivity contribution in [3.05, 3.63) is 6.33 Å². The minimum absolute atomic E-state index is 0.00595. The van der Waals surface area contributed by atoms with E-state index in [0.717, 1.165) is 0 Å². The molecule has 0 radical (unpaired) electrons. The summed E-state index contributed by atoms with van der Waals surface area (Å²) in [6.07, 6.45) is 0.715. The Balaban J connectivity index is 2.10. The quantitative estimate of drug-likeness (QED) is 0.194. The number of nitrogens with two attached hydrogens (primary N) is 1. The fourth-order valence-electron chi connectivity index (χ4n) is 1.89. The van der Waals surface area contributed by atoms with Crippen LogP contribution >= 0.6 is 7.60 Å². The Hall–Kier alpha value is -1.83. The van der Waals surface area contributed by atoms with Gasteiger partial charge < -0.3 is 30.1 Å². The third kappa shape index (κ3) is 6.19. The van der Waals surface area contributed by atoms with E-state index in [2.05, 4.69) is 20.3 Å². The lowest BCUT2D eigenvalue weighted by Gasteiger charge is -2.08. The van der Waals surface area contributed by atoms with Crippen LogP contribution in [0, 0.1) is 0 Å². The molecule has 13 nitrogen and oxygen atoms in total. The molecule has 0 aliphatic heterocycles. The molecular weight excluding hydrogens is 379 g/mol. The Labute approximate surface area is 142 Å². The number of nitrogens with zero attached hydrogens (tertiary/aromatic N) is 4. The lowest BCUT2D eigenvalue weighted by Crippen LogP contribution is -2.16. The monoisotopic (exact) mass is 396 g/mol. The zero-order valence-corrected chi connectivity index (χ0v) is 14.5. The number of rotatable bonds is 9. The van der Waals surface area contributed by atoms with Gasteiger partial charge in [-0.2, -0.15) is 18.4 Å². The average molecular weight is 396 g/mol. The van der Waals surface area contributed by atoms with Crippen molar-refractivity contribution in [1.29, 1.82) is 0 Å². The maximum atomic E-state index is 10.7. The van der Waals surface area contributed by atoms with Gasteiger partial charge >= 0.3 is 7.60 Å². The van der Waals surface area contributed by atoms with Crippen LogP contribution in [0.1, 0.15) is 0 Å². The molecule has 0 aliphatic carbocycles. The summed E-state index contributed by atoms with van der Waals surface area (Å²) in [4.78, 5) is 29.5. The first kappa shape index (κ1) is 19.5. The number of imidazole rings is 1. The van der Waals surface area contributed by atoms with Crippen molar-refractivity contribution in [1.82, 2.24) is 19.5 Å². The molecule has 0 bridgehead atoms. The highest BCUT2D eigenvalue weighted by Gasteiger charge is 2.15. The van der Waals surface area contributed by atoms with E-state index in [-0.39, 0.29) is 31.5 Å². The number of nitrogen functional groups attached to an aromatic ring is 1. The number of anilines is 2. The lowest BCUT2D eigenvalue weighted by atomic mass is 10.4. The van der Waals surface area contributed by atoms with E-state index in [4.69, 9.17) is 24.8 Å². The normalized spacial score (nSPS) is 12.6. The Morgan fingerprint density at radius 3 is 2.72 bits per heavy atom. The van der Waals surface area contributed by atoms with Crippen LogP contribution in [0.15, 0.2) is 6.33 Å². The average Bonchev–Trinajstić information content (AvgIpc) is 2.84. The first-order chi connectivity index (χ1) is 11.6. The summed E-state index contributed by atoms with van der Waals surface area (Å²) in [5.41, 5.74) is 6.27. The van der Waals surface area contributed by atoms with Crippen molar-refractivity contribution in [2.45, 2.75) is 6.54 Å². The van der Waals surface area contributed by atoms with Crippen LogP contribution in [0.5, 0.6) is 0 Å². The number of hydrogen-bond donors (Lipinski definition) is 5. The maximum Gasteiger partial charge on any atom is 0.350 e. The molecule has 0 amide bonds. The largest absolute Gasteiger partial charge is 0.368 e. The van der Waals surface area contributed by atoms with E-state index < -0.39 is 29.8 Å². The first-order valence-electron chi connectivity index (χ1n) is 6.85. The highest BCUT2D eigenvalue weighted by molar-refractivity contribution is 7.85. The summed E-state index contributed by atoms with van der Waals surface area (Å²) in [6, 6.07) is 0. The summed E-state index contributed by atoms with van der Waals surface area (Å²) < 4.78 is 47.4. The van der Waals surface area contributed by atoms with Gasteiger partial charge in [-0.3, -0.25) is 9.12 Å². The summed E-state index contributed by atoms with van der Waals surface area (Å²) in [5, 5.41) is 2.71. The predicted molar refractivity (Wildman–Crippen MR) is 87.5 cm³/mol. The second kappa shape index (κ2) is 7.59. The van der Waals surface area contributed by atoms with Crippen LogP contribution in [-0.2, 0) is 26.0 Å². The molecule has 0 aromatic carbocycles. The molecule has 25 heavy (non-hydrogen) atoms. The summed E-state index contributed by atoms with van der Waals surface area (Å²) in [6.45, 7) is 0.103. The number of aromatic nitrogens is 4. The molecule has 0 aliphatic rings. The molecule has 2 aromatic rings. The Bertz CT molecular complexity index is 895. The van der Waals surface area contributed by atoms with E-state index in [1.165, 1.54) is 6.33 Å². The van der Waals surface area contributed by atoms with Gasteiger partial charge in [-0.05, 0) is 0 Å². The molecule has 140 valence electrons. The Kier molecular flexibility index (Phi) is 5.92. The van der Waals surface area contributed by atoms with Crippen molar-refractivity contribution in [3.8, 4) is 0 Å². The SMILES string of the molecule is Nc1nc(NCCS(=O)(=O)O)c2ncn(CCOCP(=O)(O)O)c2n1. The number of hydrogen-bond acceptors (Lipinski definition) is 9. The second-order valence-electron chi connectivity index (χ2n) is 4.96. The highest BCUT2D eigenvalue weighted by Crippen LogP contribution is 2.33. The van der Waals surface area contributed by atoms with Crippen molar-refractivity contribution < 1.29 is 32.1 Å². The summed E-state index contributed by atoms with van der Waals surface area (Å²) in [5.74, 6) is -0.407. The molecule has 0 spiro atoms. The molecule has 15 heteroatoms. The molecular formula is C10H17N6O7PS. The Morgan fingerprint density at radius 1 is 1.36 bits per heavy atom. The molecule has 0 unspecified atom stereocenters. The molecule has 2 aromatic heterocycles. The smallest absolute Gasteiger partial charge is 0.350 e. The van der Waals surface area contributed by atoms with Gasteiger partial charge in [0.25, 0.3) is 10.1 Å². The van der Waals surface area contributed by atoms with Gasteiger partial charge in [-0.1, -0.05) is 0 Å². The standard InChI is InChI=1S/C10H17N6O7PS/c11-10-14-8(12-1-4-25(20,21)22)7-9(15-10)16(5-13-7)2-3-23-6-24(17,18)19/h5H,1-4,6H2,(H2,17,18,19)(H,20,21,22)(H3,11,12,14,15). The van der Waals surface area contributed by atoms with Crippen LogP contribution < -0.4 is 11.1 Å². The summed E-state index contributed by atoms with van der Waals surface area (Å²) >= 11 is 0. The molecule has 2 rings (SSSR count). The van der Waals surface area contributed by atoms with Gasteiger partial charge in [0, 0.05) is 13.1 Å². The van der Waals surface area contributed by atoms with E-state index in [0.29, 0.717) is 11.2 Å². The molecule has 0 saturated carbocycles. The van der Waals surface area contributed by atoms with Gasteiger partial charge in [0.15, 0.2) is 17.0 Å². The molecule has 6 N–H and O–H groups in total. The second-order valence-corrected chi connectivity index (χ2v) is 8.12. The van der Waals surface area contributed by atoms with Crippen molar-refractivity contribution in [2.24, 2.45) is 0 Å². The van der Waals surface area contributed by atoms with Crippen LogP contribution in [0.3, 0.4) is 0 Å². The van der Waals surface area contributed by atoms with E-state index >= 15 is 0 Å². The predicted octanol–water partition coefficient (Wildman–Crippen LogP) is -1.14. The number of fused-ring (bicyclic) bond motifs is 1. The first-order valence-corrected chi connectivity index (χ1v) is 10.3. The highest BCUT2D eigenvalue weighted by atomic mass is 32.2. The third-order valence-corrected chi connectivity index (χ3v) is 4.11. The van der Waals surface area contributed by atoms with Crippen LogP contribution in [-0.4, -0.2) is 67.5 Å².